The Labute approximate surface area is 79.7 Å². The monoisotopic (exact) mass is 195 g/mol. The van der Waals surface area contributed by atoms with Crippen LogP contribution in [0.4, 0.5) is 8.78 Å². The second-order valence-electron chi connectivity index (χ2n) is 2.65. The van der Waals surface area contributed by atoms with E-state index in [2.05, 4.69) is 6.58 Å². The maximum absolute atomic E-state index is 13.1. The first-order chi connectivity index (χ1) is 6.61. The smallest absolute Gasteiger partial charge is 0.147 e. The van der Waals surface area contributed by atoms with Crippen molar-refractivity contribution in [2.24, 2.45) is 0 Å². The van der Waals surface area contributed by atoms with Gasteiger partial charge in [0.25, 0.3) is 0 Å². The molecule has 0 heterocycles. The number of aromatic hydroxyl groups is 1. The summed E-state index contributed by atoms with van der Waals surface area (Å²) in [5.74, 6) is -2.58. The highest BCUT2D eigenvalue weighted by molar-refractivity contribution is 5.49. The summed E-state index contributed by atoms with van der Waals surface area (Å²) >= 11 is 0. The van der Waals surface area contributed by atoms with Crippen LogP contribution >= 0.6 is 0 Å². The highest BCUT2D eigenvalue weighted by atomic mass is 19.1. The average molecular weight is 195 g/mol. The zero-order valence-electron chi connectivity index (χ0n) is 7.22. The van der Waals surface area contributed by atoms with E-state index in [1.165, 1.54) is 12.1 Å². The van der Waals surface area contributed by atoms with Crippen LogP contribution < -0.4 is 0 Å². The van der Waals surface area contributed by atoms with E-state index >= 15 is 0 Å². The fraction of sp³-hybridized carbons (Fsp3) is 0.100. The van der Waals surface area contributed by atoms with E-state index in [9.17, 15) is 13.9 Å². The lowest BCUT2D eigenvalue weighted by Crippen LogP contribution is -1.95. The minimum atomic E-state index is -1.06. The van der Waals surface area contributed by atoms with Crippen molar-refractivity contribution in [3.8, 4) is 11.8 Å². The first-order valence-corrected chi connectivity index (χ1v) is 3.82. The van der Waals surface area contributed by atoms with Crippen molar-refractivity contribution < 1.29 is 13.9 Å². The van der Waals surface area contributed by atoms with Crippen molar-refractivity contribution in [2.45, 2.75) is 6.42 Å². The van der Waals surface area contributed by atoms with Gasteiger partial charge in [0.05, 0.1) is 0 Å². The molecule has 0 aliphatic rings. The summed E-state index contributed by atoms with van der Waals surface area (Å²) in [6, 6.07) is 2.04. The van der Waals surface area contributed by atoms with Gasteiger partial charge in [-0.2, -0.15) is 5.26 Å². The number of phenolic OH excluding ortho intramolecular Hbond substituents is 1. The van der Waals surface area contributed by atoms with Gasteiger partial charge in [0.15, 0.2) is 0 Å². The standard InChI is InChI=1S/C10H7F2NO/c1-2-3-6-8(11)4-9(12)7(5-13)10(6)14/h2,4,14H,1,3H2. The lowest BCUT2D eigenvalue weighted by Gasteiger charge is -2.05. The molecule has 1 rings (SSSR count). The molecule has 0 radical (unpaired) electrons. The Morgan fingerprint density at radius 3 is 2.64 bits per heavy atom. The highest BCUT2D eigenvalue weighted by Crippen LogP contribution is 2.27. The van der Waals surface area contributed by atoms with Gasteiger partial charge < -0.3 is 5.11 Å². The maximum Gasteiger partial charge on any atom is 0.147 e. The molecule has 14 heavy (non-hydrogen) atoms. The molecular weight excluding hydrogens is 188 g/mol. The average Bonchev–Trinajstić information content (AvgIpc) is 2.12. The van der Waals surface area contributed by atoms with E-state index in [-0.39, 0.29) is 12.0 Å². The van der Waals surface area contributed by atoms with Crippen molar-refractivity contribution in [3.63, 3.8) is 0 Å². The number of hydrogen-bond donors (Lipinski definition) is 1. The molecule has 1 aromatic rings. The highest BCUT2D eigenvalue weighted by Gasteiger charge is 2.16. The SMILES string of the molecule is C=CCc1c(F)cc(F)c(C#N)c1O. The third-order valence-electron chi connectivity index (χ3n) is 1.76. The number of phenols is 1. The lowest BCUT2D eigenvalue weighted by atomic mass is 10.1. The second kappa shape index (κ2) is 3.88. The number of hydrogen-bond acceptors (Lipinski definition) is 2. The van der Waals surface area contributed by atoms with Gasteiger partial charge in [-0.05, 0) is 6.42 Å². The normalized spacial score (nSPS) is 9.50. The fourth-order valence-corrected chi connectivity index (χ4v) is 1.09. The number of nitrogens with zero attached hydrogens (tertiary/aromatic N) is 1. The third kappa shape index (κ3) is 1.57. The summed E-state index contributed by atoms with van der Waals surface area (Å²) in [5, 5.41) is 17.8. The van der Waals surface area contributed by atoms with Crippen molar-refractivity contribution >= 4 is 0 Å². The predicted octanol–water partition coefficient (Wildman–Crippen LogP) is 2.27. The van der Waals surface area contributed by atoms with Crippen molar-refractivity contribution in [1.29, 1.82) is 5.26 Å². The van der Waals surface area contributed by atoms with Crippen LogP contribution in [0.2, 0.25) is 0 Å². The Morgan fingerprint density at radius 2 is 2.14 bits per heavy atom. The van der Waals surface area contributed by atoms with Gasteiger partial charge in [-0.3, -0.25) is 0 Å². The number of nitriles is 1. The summed E-state index contributed by atoms with van der Waals surface area (Å²) in [5.41, 5.74) is -0.652. The van der Waals surface area contributed by atoms with Crippen LogP contribution in [0.5, 0.6) is 5.75 Å². The molecule has 72 valence electrons. The number of rotatable bonds is 2. The molecule has 0 saturated carbocycles. The molecule has 1 N–H and O–H groups in total. The maximum atomic E-state index is 13.1. The van der Waals surface area contributed by atoms with Crippen LogP contribution in [0.25, 0.3) is 0 Å². The predicted molar refractivity (Wildman–Crippen MR) is 46.6 cm³/mol. The van der Waals surface area contributed by atoms with Crippen molar-refractivity contribution in [1.82, 2.24) is 0 Å². The Morgan fingerprint density at radius 1 is 1.50 bits per heavy atom. The van der Waals surface area contributed by atoms with Gasteiger partial charge in [-0.1, -0.05) is 6.08 Å². The van der Waals surface area contributed by atoms with Gasteiger partial charge >= 0.3 is 0 Å². The Balaban J connectivity index is 3.45. The largest absolute Gasteiger partial charge is 0.506 e. The summed E-state index contributed by atoms with van der Waals surface area (Å²) < 4.78 is 25.9. The number of halogens is 2. The minimum Gasteiger partial charge on any atom is -0.506 e. The van der Waals surface area contributed by atoms with Crippen LogP contribution in [-0.2, 0) is 6.42 Å². The van der Waals surface area contributed by atoms with E-state index in [1.807, 2.05) is 0 Å². The van der Waals surface area contributed by atoms with Crippen LogP contribution in [0, 0.1) is 23.0 Å². The van der Waals surface area contributed by atoms with Gasteiger partial charge in [0.2, 0.25) is 0 Å². The Bertz CT molecular complexity index is 421. The van der Waals surface area contributed by atoms with Crippen LogP contribution in [0.15, 0.2) is 18.7 Å². The molecule has 0 bridgehead atoms. The van der Waals surface area contributed by atoms with Crippen molar-refractivity contribution in [3.05, 3.63) is 41.5 Å². The van der Waals surface area contributed by atoms with E-state index in [4.69, 9.17) is 5.26 Å². The van der Waals surface area contributed by atoms with Gasteiger partial charge in [0, 0.05) is 11.6 Å². The van der Waals surface area contributed by atoms with E-state index in [1.54, 1.807) is 0 Å². The fourth-order valence-electron chi connectivity index (χ4n) is 1.09. The summed E-state index contributed by atoms with van der Waals surface area (Å²) in [6.07, 6.45) is 1.41. The second-order valence-corrected chi connectivity index (χ2v) is 2.65. The van der Waals surface area contributed by atoms with E-state index in [0.717, 1.165) is 0 Å². The minimum absolute atomic E-state index is 0.0482. The van der Waals surface area contributed by atoms with Crippen molar-refractivity contribution in [2.75, 3.05) is 0 Å². The molecule has 0 aliphatic carbocycles. The number of benzene rings is 1. The molecule has 0 atom stereocenters. The molecule has 0 saturated heterocycles. The molecule has 4 heteroatoms. The molecule has 0 spiro atoms. The topological polar surface area (TPSA) is 44.0 Å². The first-order valence-electron chi connectivity index (χ1n) is 3.82. The van der Waals surface area contributed by atoms with E-state index in [0.29, 0.717) is 6.07 Å². The zero-order chi connectivity index (χ0) is 10.7. The molecule has 2 nitrogen and oxygen atoms in total. The molecule has 0 aromatic heterocycles. The lowest BCUT2D eigenvalue weighted by molar-refractivity contribution is 0.449. The summed E-state index contributed by atoms with van der Waals surface area (Å²) in [7, 11) is 0. The quantitative estimate of drug-likeness (QED) is 0.735. The molecule has 0 amide bonds. The Kier molecular flexibility index (Phi) is 2.82. The first kappa shape index (κ1) is 10.2. The summed E-state index contributed by atoms with van der Waals surface area (Å²) in [6.45, 7) is 3.36. The summed E-state index contributed by atoms with van der Waals surface area (Å²) in [4.78, 5) is 0. The van der Waals surface area contributed by atoms with E-state index < -0.39 is 22.9 Å². The number of allylic oxidation sites excluding steroid dienone is 1. The van der Waals surface area contributed by atoms with Gasteiger partial charge in [0.1, 0.15) is 29.0 Å². The van der Waals surface area contributed by atoms with Crippen LogP contribution in [-0.4, -0.2) is 5.11 Å². The molecule has 1 aromatic carbocycles. The molecule has 0 unspecified atom stereocenters. The molecular formula is C10H7F2NO. The molecule has 0 aliphatic heterocycles. The zero-order valence-corrected chi connectivity index (χ0v) is 7.22. The molecule has 0 fully saturated rings. The third-order valence-corrected chi connectivity index (χ3v) is 1.76. The Hall–Kier alpha value is -1.89. The van der Waals surface area contributed by atoms with Gasteiger partial charge in [-0.25, -0.2) is 8.78 Å². The van der Waals surface area contributed by atoms with Crippen LogP contribution in [0.3, 0.4) is 0 Å². The van der Waals surface area contributed by atoms with Crippen LogP contribution in [0.1, 0.15) is 11.1 Å². The van der Waals surface area contributed by atoms with Gasteiger partial charge in [-0.15, -0.1) is 6.58 Å².